The number of carbonyl (C=O) groups is 3. The number of likely N-dealkylation sites (N-methyl/N-ethyl adjacent to an activating group) is 2. The van der Waals surface area contributed by atoms with Crippen LogP contribution in [-0.2, 0) is 60.4 Å². The first-order valence-electron chi connectivity index (χ1n) is 28.1. The van der Waals surface area contributed by atoms with E-state index in [4.69, 9.17) is 42.6 Å². The quantitative estimate of drug-likeness (QED) is 0.0859. The first-order valence-corrected chi connectivity index (χ1v) is 28.1. The Morgan fingerprint density at radius 2 is 1.58 bits per heavy atom. The number of amides is 1. The first kappa shape index (κ1) is 65.9. The number of hydrogen-bond acceptors (Lipinski definition) is 19. The third kappa shape index (κ3) is 16.2. The van der Waals surface area contributed by atoms with Crippen molar-refractivity contribution < 1.29 is 82.5 Å². The molecule has 3 aliphatic heterocycles. The third-order valence-corrected chi connectivity index (χ3v) is 16.5. The van der Waals surface area contributed by atoms with Crippen molar-refractivity contribution in [3.05, 3.63) is 45.7 Å². The van der Waals surface area contributed by atoms with Gasteiger partial charge in [-0.1, -0.05) is 26.8 Å². The van der Waals surface area contributed by atoms with Gasteiger partial charge < -0.3 is 87.8 Å². The summed E-state index contributed by atoms with van der Waals surface area (Å²) in [6, 6.07) is 4.48. The van der Waals surface area contributed by atoms with Crippen LogP contribution in [0.2, 0.25) is 0 Å². The van der Waals surface area contributed by atoms with E-state index in [9.17, 15) is 44.7 Å². The maximum absolute atomic E-state index is 14.6. The van der Waals surface area contributed by atoms with Gasteiger partial charge in [-0.25, -0.2) is 9.59 Å². The number of ether oxygens (including phenoxy) is 9. The molecule has 3 saturated heterocycles. The molecule has 0 saturated carbocycles. The fraction of sp³-hybridized carbons (Fsp3) is 0.789. The summed E-state index contributed by atoms with van der Waals surface area (Å²) in [5.74, 6) is -4.18. The van der Waals surface area contributed by atoms with Crippen LogP contribution in [0.3, 0.4) is 0 Å². The Morgan fingerprint density at radius 1 is 0.911 bits per heavy atom. The van der Waals surface area contributed by atoms with E-state index in [0.717, 1.165) is 5.56 Å². The van der Waals surface area contributed by atoms with Crippen LogP contribution >= 0.6 is 0 Å². The summed E-state index contributed by atoms with van der Waals surface area (Å²) in [5.41, 5.74) is -4.03. The summed E-state index contributed by atoms with van der Waals surface area (Å²) in [6.07, 6.45) is -8.17. The molecule has 0 unspecified atom stereocenters. The Morgan fingerprint density at radius 3 is 2.20 bits per heavy atom. The van der Waals surface area contributed by atoms with Gasteiger partial charge in [0.2, 0.25) is 5.43 Å². The van der Waals surface area contributed by atoms with Crippen molar-refractivity contribution >= 4 is 28.9 Å². The number of carboxylic acids is 1. The van der Waals surface area contributed by atoms with Gasteiger partial charge in [-0.2, -0.15) is 0 Å². The SMILES string of the molecule is CC[C@H]1OC(=O)[C@H](C)[C@@H](O[C@H]2C[C@@](C)(OC)[C@@H](OC(=O)NCCOCCOCCc3ccc4c(c3)c(=O)c(C(=O)O)cn4CC)[C@H](C)O2)[C@H](C)[C@@H](O[C@@H]2O[C@H](C)C[C@H](N(C)C)[C@H]2O)[C@](C)(O)C[C@@H](C)CN(C)[C@H](C)[C@@H](O)[C@]1(C)O. The molecule has 0 bridgehead atoms. The van der Waals surface area contributed by atoms with E-state index in [1.807, 2.05) is 63.8 Å². The van der Waals surface area contributed by atoms with Crippen LogP contribution in [-0.4, -0.2) is 216 Å². The number of aromatic nitrogens is 1. The van der Waals surface area contributed by atoms with Crippen molar-refractivity contribution in [2.24, 2.45) is 17.8 Å². The summed E-state index contributed by atoms with van der Waals surface area (Å²) in [5, 5.41) is 60.7. The van der Waals surface area contributed by atoms with Crippen molar-refractivity contribution in [2.75, 3.05) is 67.8 Å². The number of aliphatic hydroxyl groups excluding tert-OH is 2. The third-order valence-electron chi connectivity index (χ3n) is 16.5. The number of cyclic esters (lactones) is 1. The van der Waals surface area contributed by atoms with Crippen LogP contribution in [0.1, 0.15) is 118 Å². The molecule has 22 nitrogen and oxygen atoms in total. The van der Waals surface area contributed by atoms with Crippen LogP contribution in [0.25, 0.3) is 10.9 Å². The van der Waals surface area contributed by atoms with Crippen LogP contribution in [0.5, 0.6) is 0 Å². The number of aromatic carboxylic acids is 1. The Kier molecular flexibility index (Phi) is 23.7. The molecule has 6 N–H and O–H groups in total. The van der Waals surface area contributed by atoms with E-state index >= 15 is 0 Å². The molecule has 1 aromatic carbocycles. The van der Waals surface area contributed by atoms with Gasteiger partial charge in [0.05, 0.1) is 67.9 Å². The molecule has 1 amide bonds. The average molecular weight is 1120 g/mol. The second-order valence-corrected chi connectivity index (χ2v) is 23.3. The van der Waals surface area contributed by atoms with Crippen LogP contribution in [0, 0.1) is 17.8 Å². The van der Waals surface area contributed by atoms with Crippen LogP contribution in [0.15, 0.2) is 29.2 Å². The fourth-order valence-electron chi connectivity index (χ4n) is 11.9. The standard InChI is InChI=1S/C57H94N4O18/c1-16-43-57(11,70)48(64)36(7)60(14)30-32(3)28-55(9,69)49(78-53-46(63)42(59(12)13)26-33(4)74-53)34(5)47(35(6)52(67)76-43)77-44-29-56(10,71-15)50(37(8)75-44)79-54(68)58-21-23-73-25-24-72-22-20-38-18-19-41-39(27-38)45(62)40(51(65)66)31-61(41)17-2/h18-19,27,31-37,42-44,46-50,53,63-64,69-70H,16-17,20-26,28-30H2,1-15H3,(H,58,68)(H,65,66)/t32-,33-,34+,35-,36-,37+,42+,43-,44+,46-,47+,48-,49-,50+,53+,55-,56-,57-/m1/s1. The highest BCUT2D eigenvalue weighted by Gasteiger charge is 2.54. The van der Waals surface area contributed by atoms with E-state index in [0.29, 0.717) is 43.4 Å². The van der Waals surface area contributed by atoms with E-state index in [1.54, 1.807) is 59.1 Å². The number of carboxylic acid groups (broad SMARTS) is 1. The van der Waals surface area contributed by atoms with E-state index in [1.165, 1.54) is 20.2 Å². The summed E-state index contributed by atoms with van der Waals surface area (Å²) < 4.78 is 57.8. The molecule has 1 aromatic heterocycles. The first-order chi connectivity index (χ1) is 37.0. The number of nitrogens with zero attached hydrogens (tertiary/aromatic N) is 3. The lowest BCUT2D eigenvalue weighted by Crippen LogP contribution is -2.61. The molecule has 18 atom stereocenters. The van der Waals surface area contributed by atoms with E-state index < -0.39 is 113 Å². The lowest BCUT2D eigenvalue weighted by molar-refractivity contribution is -0.317. The van der Waals surface area contributed by atoms with Gasteiger partial charge in [-0.15, -0.1) is 0 Å². The summed E-state index contributed by atoms with van der Waals surface area (Å²) in [6.45, 7) is 21.3. The monoisotopic (exact) mass is 1120 g/mol. The molecule has 0 aliphatic carbocycles. The zero-order valence-corrected chi connectivity index (χ0v) is 49.3. The molecule has 3 aliphatic rings. The number of nitrogens with one attached hydrogen (secondary N) is 1. The van der Waals surface area contributed by atoms with Crippen molar-refractivity contribution in [3.8, 4) is 0 Å². The predicted molar refractivity (Wildman–Crippen MR) is 293 cm³/mol. The van der Waals surface area contributed by atoms with Gasteiger partial charge in [0.1, 0.15) is 35.1 Å². The minimum atomic E-state index is -1.87. The Balaban J connectivity index is 1.26. The molecular formula is C57H94N4O18. The lowest BCUT2D eigenvalue weighted by atomic mass is 9.77. The van der Waals surface area contributed by atoms with Gasteiger partial charge >= 0.3 is 18.0 Å². The van der Waals surface area contributed by atoms with Crippen LogP contribution in [0.4, 0.5) is 4.79 Å². The van der Waals surface area contributed by atoms with Gasteiger partial charge in [0.15, 0.2) is 18.7 Å². The van der Waals surface area contributed by atoms with Gasteiger partial charge in [0, 0.05) is 62.7 Å². The van der Waals surface area contributed by atoms with E-state index in [2.05, 4.69) is 5.32 Å². The highest BCUT2D eigenvalue weighted by atomic mass is 16.7. The second kappa shape index (κ2) is 28.4. The molecule has 4 heterocycles. The van der Waals surface area contributed by atoms with Crippen molar-refractivity contribution in [1.29, 1.82) is 0 Å². The lowest BCUT2D eigenvalue weighted by Gasteiger charge is -2.49. The van der Waals surface area contributed by atoms with Crippen molar-refractivity contribution in [1.82, 2.24) is 19.7 Å². The highest BCUT2D eigenvalue weighted by molar-refractivity contribution is 5.92. The summed E-state index contributed by atoms with van der Waals surface area (Å²) >= 11 is 0. The number of pyridine rings is 1. The Labute approximate surface area is 466 Å². The van der Waals surface area contributed by atoms with Gasteiger partial charge in [-0.05, 0) is 126 Å². The number of aliphatic hydroxyl groups is 4. The number of rotatable bonds is 19. The molecule has 450 valence electrons. The van der Waals surface area contributed by atoms with Gasteiger partial charge in [0.25, 0.3) is 0 Å². The molecule has 3 fully saturated rings. The van der Waals surface area contributed by atoms with Crippen molar-refractivity contribution in [3.63, 3.8) is 0 Å². The second-order valence-electron chi connectivity index (χ2n) is 23.3. The van der Waals surface area contributed by atoms with Crippen LogP contribution < -0.4 is 10.7 Å². The highest BCUT2D eigenvalue weighted by Crippen LogP contribution is 2.41. The molecular weight excluding hydrogens is 1030 g/mol. The number of esters is 1. The number of alkyl carbamates (subject to hydrolysis) is 1. The van der Waals surface area contributed by atoms with Gasteiger partial charge in [-0.3, -0.25) is 9.59 Å². The molecule has 22 heteroatoms. The molecule has 79 heavy (non-hydrogen) atoms. The normalized spacial score (nSPS) is 36.6. The number of carbonyl (C=O) groups excluding carboxylic acids is 2. The number of benzene rings is 1. The molecule has 0 radical (unpaired) electrons. The topological polar surface area (TPSA) is 276 Å². The van der Waals surface area contributed by atoms with Crippen molar-refractivity contribution in [2.45, 2.75) is 205 Å². The fourth-order valence-corrected chi connectivity index (χ4v) is 11.9. The Bertz CT molecular complexity index is 2370. The zero-order chi connectivity index (χ0) is 58.9. The smallest absolute Gasteiger partial charge is 0.407 e. The summed E-state index contributed by atoms with van der Waals surface area (Å²) in [4.78, 5) is 56.2. The molecule has 0 spiro atoms. The molecule has 2 aromatic rings. The minimum absolute atomic E-state index is 0.0130. The largest absolute Gasteiger partial charge is 0.477 e. The predicted octanol–water partition coefficient (Wildman–Crippen LogP) is 3.94. The maximum atomic E-state index is 14.6. The van der Waals surface area contributed by atoms with E-state index in [-0.39, 0.29) is 69.3 Å². The minimum Gasteiger partial charge on any atom is -0.477 e. The number of fused-ring (bicyclic) bond motifs is 1. The maximum Gasteiger partial charge on any atom is 0.407 e. The number of hydrogen-bond donors (Lipinski definition) is 6. The number of methoxy groups -OCH3 is 1. The zero-order valence-electron chi connectivity index (χ0n) is 49.3. The average Bonchev–Trinajstić information content (AvgIpc) is 3.40. The summed E-state index contributed by atoms with van der Waals surface area (Å²) in [7, 11) is 7.04. The molecule has 5 rings (SSSR count). The Hall–Kier alpha value is -3.88. The number of aryl methyl sites for hydroxylation is 1.